The van der Waals surface area contributed by atoms with E-state index in [1.54, 1.807) is 16.7 Å². The summed E-state index contributed by atoms with van der Waals surface area (Å²) in [6, 6.07) is 16.9. The largest absolute Gasteiger partial charge is 0.435 e. The molecule has 5 nitrogen and oxygen atoms in total. The molecular weight excluding hydrogens is 479 g/mol. The molecule has 2 aromatic heterocycles. The predicted molar refractivity (Wildman–Crippen MR) is 112 cm³/mol. The topological polar surface area (TPSA) is 48.5 Å². The molecule has 154 valence electrons. The zero-order chi connectivity index (χ0) is 21.3. The second-order valence-corrected chi connectivity index (χ2v) is 8.31. The van der Waals surface area contributed by atoms with Crippen molar-refractivity contribution >= 4 is 27.7 Å². The van der Waals surface area contributed by atoms with Crippen molar-refractivity contribution in [1.29, 1.82) is 0 Å². The highest BCUT2D eigenvalue weighted by Crippen LogP contribution is 2.37. The third-order valence-corrected chi connectivity index (χ3v) is 5.80. The molecule has 0 atom stereocenters. The minimum Gasteiger partial charge on any atom is -0.274 e. The molecule has 0 saturated carbocycles. The Bertz CT molecular complexity index is 1150. The average molecular weight is 494 g/mol. The van der Waals surface area contributed by atoms with E-state index in [2.05, 4.69) is 31.2 Å². The summed E-state index contributed by atoms with van der Waals surface area (Å²) in [5.41, 5.74) is 0.633. The summed E-state index contributed by atoms with van der Waals surface area (Å²) in [5, 5.41) is 12.4. The zero-order valence-electron chi connectivity index (χ0n) is 15.6. The fraction of sp³-hybridized carbons (Fsp3) is 0.150. The van der Waals surface area contributed by atoms with Crippen LogP contribution in [-0.4, -0.2) is 24.5 Å². The molecule has 10 heteroatoms. The van der Waals surface area contributed by atoms with Gasteiger partial charge >= 0.3 is 6.18 Å². The van der Waals surface area contributed by atoms with Gasteiger partial charge in [0.05, 0.1) is 5.56 Å². The van der Waals surface area contributed by atoms with Crippen LogP contribution in [0.1, 0.15) is 11.3 Å². The summed E-state index contributed by atoms with van der Waals surface area (Å²) in [6.45, 7) is 0. The summed E-state index contributed by atoms with van der Waals surface area (Å²) in [6.07, 6.45) is -3.29. The molecule has 0 bridgehead atoms. The van der Waals surface area contributed by atoms with E-state index in [1.165, 1.54) is 25.0 Å². The Morgan fingerprint density at radius 3 is 2.37 bits per heavy atom. The standard InChI is InChI=1S/C20H15BrF3N5S/c1-28-11-16(17(27-28)20(22,23)24)18-25-26-19(29(18)15-5-3-2-4-6-15)30-12-13-7-9-14(21)10-8-13/h2-11H,12H2,1H3. The molecule has 0 spiro atoms. The maximum Gasteiger partial charge on any atom is 0.435 e. The van der Waals surface area contributed by atoms with Crippen LogP contribution in [0.3, 0.4) is 0 Å². The summed E-state index contributed by atoms with van der Waals surface area (Å²) >= 11 is 4.81. The van der Waals surface area contributed by atoms with Crippen LogP contribution in [0, 0.1) is 0 Å². The van der Waals surface area contributed by atoms with Gasteiger partial charge in [0, 0.05) is 29.2 Å². The molecule has 0 radical (unpaired) electrons. The lowest BCUT2D eigenvalue weighted by molar-refractivity contribution is -0.141. The van der Waals surface area contributed by atoms with Gasteiger partial charge in [-0.25, -0.2) is 0 Å². The van der Waals surface area contributed by atoms with Gasteiger partial charge in [-0.1, -0.05) is 58.0 Å². The molecule has 0 aliphatic rings. The maximum atomic E-state index is 13.5. The van der Waals surface area contributed by atoms with Crippen molar-refractivity contribution in [2.45, 2.75) is 17.1 Å². The molecule has 0 fully saturated rings. The number of thioether (sulfide) groups is 1. The lowest BCUT2D eigenvalue weighted by atomic mass is 10.2. The summed E-state index contributed by atoms with van der Waals surface area (Å²) in [7, 11) is 1.45. The second-order valence-electron chi connectivity index (χ2n) is 6.46. The van der Waals surface area contributed by atoms with Crippen molar-refractivity contribution in [2.24, 2.45) is 7.05 Å². The lowest BCUT2D eigenvalue weighted by Crippen LogP contribution is -2.09. The summed E-state index contributed by atoms with van der Waals surface area (Å²) in [4.78, 5) is 0. The normalized spacial score (nSPS) is 11.8. The van der Waals surface area contributed by atoms with Gasteiger partial charge in [0.2, 0.25) is 0 Å². The molecule has 4 rings (SSSR count). The Morgan fingerprint density at radius 1 is 1.00 bits per heavy atom. The molecular formula is C20H15BrF3N5S. The van der Waals surface area contributed by atoms with E-state index in [0.717, 1.165) is 14.7 Å². The maximum absolute atomic E-state index is 13.5. The van der Waals surface area contributed by atoms with E-state index >= 15 is 0 Å². The van der Waals surface area contributed by atoms with Crippen molar-refractivity contribution in [1.82, 2.24) is 24.5 Å². The third kappa shape index (κ3) is 4.29. The molecule has 2 aromatic carbocycles. The van der Waals surface area contributed by atoms with Crippen molar-refractivity contribution in [2.75, 3.05) is 0 Å². The number of nitrogens with zero attached hydrogens (tertiary/aromatic N) is 5. The first-order valence-corrected chi connectivity index (χ1v) is 10.6. The van der Waals surface area contributed by atoms with Crippen molar-refractivity contribution < 1.29 is 13.2 Å². The van der Waals surface area contributed by atoms with Gasteiger partial charge in [-0.15, -0.1) is 10.2 Å². The molecule has 0 aliphatic carbocycles. The number of rotatable bonds is 5. The molecule has 4 aromatic rings. The second kappa shape index (κ2) is 8.27. The van der Waals surface area contributed by atoms with Crippen molar-refractivity contribution in [3.63, 3.8) is 0 Å². The molecule has 2 heterocycles. The van der Waals surface area contributed by atoms with Crippen LogP contribution >= 0.6 is 27.7 Å². The zero-order valence-corrected chi connectivity index (χ0v) is 18.0. The Hall–Kier alpha value is -2.59. The number of aromatic nitrogens is 5. The Kier molecular flexibility index (Phi) is 5.70. The van der Waals surface area contributed by atoms with Crippen LogP contribution in [0.2, 0.25) is 0 Å². The fourth-order valence-corrected chi connectivity index (χ4v) is 4.11. The van der Waals surface area contributed by atoms with E-state index in [0.29, 0.717) is 16.6 Å². The average Bonchev–Trinajstić information content (AvgIpc) is 3.31. The van der Waals surface area contributed by atoms with Gasteiger partial charge in [-0.2, -0.15) is 18.3 Å². The molecule has 0 unspecified atom stereocenters. The molecule has 0 aliphatic heterocycles. The minimum absolute atomic E-state index is 0.0972. The Labute approximate surface area is 183 Å². The highest BCUT2D eigenvalue weighted by molar-refractivity contribution is 9.10. The molecule has 0 amide bonds. The number of alkyl halides is 3. The SMILES string of the molecule is Cn1cc(-c2nnc(SCc3ccc(Br)cc3)n2-c2ccccc2)c(C(F)(F)F)n1. The van der Waals surface area contributed by atoms with Crippen LogP contribution in [0.5, 0.6) is 0 Å². The number of para-hydroxylation sites is 1. The first-order chi connectivity index (χ1) is 14.3. The van der Waals surface area contributed by atoms with Crippen LogP contribution in [-0.2, 0) is 19.0 Å². The number of hydrogen-bond acceptors (Lipinski definition) is 4. The van der Waals surface area contributed by atoms with Crippen molar-refractivity contribution in [3.05, 3.63) is 76.5 Å². The quantitative estimate of drug-likeness (QED) is 0.332. The number of benzene rings is 2. The van der Waals surface area contributed by atoms with E-state index in [4.69, 9.17) is 0 Å². The third-order valence-electron chi connectivity index (χ3n) is 4.27. The van der Waals surface area contributed by atoms with E-state index in [-0.39, 0.29) is 11.4 Å². The van der Waals surface area contributed by atoms with Gasteiger partial charge in [0.25, 0.3) is 0 Å². The van der Waals surface area contributed by atoms with Gasteiger partial charge in [-0.05, 0) is 29.8 Å². The van der Waals surface area contributed by atoms with Gasteiger partial charge < -0.3 is 0 Å². The van der Waals surface area contributed by atoms with Crippen LogP contribution < -0.4 is 0 Å². The van der Waals surface area contributed by atoms with Crippen molar-refractivity contribution in [3.8, 4) is 17.1 Å². The smallest absolute Gasteiger partial charge is 0.274 e. The van der Waals surface area contributed by atoms with E-state index in [9.17, 15) is 13.2 Å². The van der Waals surface area contributed by atoms with Crippen LogP contribution in [0.15, 0.2) is 70.4 Å². The highest BCUT2D eigenvalue weighted by atomic mass is 79.9. The van der Waals surface area contributed by atoms with Gasteiger partial charge in [0.15, 0.2) is 16.7 Å². The predicted octanol–water partition coefficient (Wildman–Crippen LogP) is 5.74. The summed E-state index contributed by atoms with van der Waals surface area (Å²) < 4.78 is 44.4. The number of halogens is 4. The molecule has 0 saturated heterocycles. The van der Waals surface area contributed by atoms with Gasteiger partial charge in [-0.3, -0.25) is 9.25 Å². The molecule has 30 heavy (non-hydrogen) atoms. The Balaban J connectivity index is 1.78. The van der Waals surface area contributed by atoms with E-state index < -0.39 is 11.9 Å². The Morgan fingerprint density at radius 2 is 1.70 bits per heavy atom. The fourth-order valence-electron chi connectivity index (χ4n) is 2.94. The highest BCUT2D eigenvalue weighted by Gasteiger charge is 2.39. The number of aryl methyl sites for hydroxylation is 1. The van der Waals surface area contributed by atoms with Crippen LogP contribution in [0.25, 0.3) is 17.1 Å². The van der Waals surface area contributed by atoms with E-state index in [1.807, 2.05) is 42.5 Å². The monoisotopic (exact) mass is 493 g/mol. The first-order valence-electron chi connectivity index (χ1n) is 8.82. The molecule has 0 N–H and O–H groups in total. The minimum atomic E-state index is -4.60. The van der Waals surface area contributed by atoms with Crippen LogP contribution in [0.4, 0.5) is 13.2 Å². The van der Waals surface area contributed by atoms with Gasteiger partial charge in [0.1, 0.15) is 0 Å². The first kappa shape index (κ1) is 20.7. The lowest BCUT2D eigenvalue weighted by Gasteiger charge is -2.11. The summed E-state index contributed by atoms with van der Waals surface area (Å²) in [5.74, 6) is 0.692. The number of hydrogen-bond donors (Lipinski definition) is 0.